The van der Waals surface area contributed by atoms with E-state index in [1.807, 2.05) is 18.2 Å². The van der Waals surface area contributed by atoms with E-state index >= 15 is 0 Å². The summed E-state index contributed by atoms with van der Waals surface area (Å²) in [5.41, 5.74) is 1.01. The van der Waals surface area contributed by atoms with Crippen LogP contribution in [-0.4, -0.2) is 6.54 Å². The molecule has 1 unspecified atom stereocenters. The van der Waals surface area contributed by atoms with Crippen LogP contribution in [0.1, 0.15) is 28.3 Å². The molecule has 2 aromatic rings. The van der Waals surface area contributed by atoms with Gasteiger partial charge < -0.3 is 5.32 Å². The predicted octanol–water partition coefficient (Wildman–Crippen LogP) is 5.82. The van der Waals surface area contributed by atoms with Gasteiger partial charge in [0.1, 0.15) is 0 Å². The minimum atomic E-state index is 0.0595. The molecule has 0 radical (unpaired) electrons. The van der Waals surface area contributed by atoms with Crippen LogP contribution in [0.15, 0.2) is 28.7 Å². The second kappa shape index (κ2) is 6.59. The maximum atomic E-state index is 6.35. The molecule has 0 aliphatic heterocycles. The van der Waals surface area contributed by atoms with Crippen molar-refractivity contribution in [3.8, 4) is 0 Å². The number of nitrogens with one attached hydrogen (secondary N) is 1. The Morgan fingerprint density at radius 2 is 2.11 bits per heavy atom. The number of thiophene rings is 1. The molecule has 0 saturated carbocycles. The van der Waals surface area contributed by atoms with Gasteiger partial charge in [-0.05, 0) is 47.1 Å². The molecular weight excluding hydrogens is 365 g/mol. The maximum Gasteiger partial charge on any atom is 0.0697 e. The van der Waals surface area contributed by atoms with Crippen LogP contribution in [0, 0.1) is 6.92 Å². The van der Waals surface area contributed by atoms with Gasteiger partial charge >= 0.3 is 0 Å². The van der Waals surface area contributed by atoms with Crippen molar-refractivity contribution in [2.45, 2.75) is 19.9 Å². The summed E-state index contributed by atoms with van der Waals surface area (Å²) in [5, 5.41) is 4.68. The molecule has 1 atom stereocenters. The van der Waals surface area contributed by atoms with Crippen LogP contribution in [0.4, 0.5) is 0 Å². The summed E-state index contributed by atoms with van der Waals surface area (Å²) >= 11 is 17.9. The molecule has 1 nitrogen and oxygen atoms in total. The summed E-state index contributed by atoms with van der Waals surface area (Å²) < 4.78 is 1.11. The molecule has 0 saturated heterocycles. The van der Waals surface area contributed by atoms with Gasteiger partial charge in [0, 0.05) is 14.2 Å². The molecule has 102 valence electrons. The zero-order chi connectivity index (χ0) is 14.0. The molecule has 0 aliphatic carbocycles. The first kappa shape index (κ1) is 15.3. The summed E-state index contributed by atoms with van der Waals surface area (Å²) in [4.78, 5) is 2.49. The van der Waals surface area contributed by atoms with E-state index in [0.29, 0.717) is 10.0 Å². The summed E-state index contributed by atoms with van der Waals surface area (Å²) in [5.74, 6) is 0. The van der Waals surface area contributed by atoms with Crippen LogP contribution < -0.4 is 5.32 Å². The molecule has 19 heavy (non-hydrogen) atoms. The fourth-order valence-corrected chi connectivity index (χ4v) is 4.38. The van der Waals surface area contributed by atoms with Gasteiger partial charge in [0.05, 0.1) is 16.1 Å². The Balaban J connectivity index is 2.51. The third-order valence-corrected chi connectivity index (χ3v) is 5.67. The highest BCUT2D eigenvalue weighted by Crippen LogP contribution is 2.39. The zero-order valence-corrected chi connectivity index (χ0v) is 14.6. The zero-order valence-electron chi connectivity index (χ0n) is 10.6. The Kier molecular flexibility index (Phi) is 5.32. The molecule has 1 N–H and O–H groups in total. The van der Waals surface area contributed by atoms with Gasteiger partial charge in [-0.15, -0.1) is 11.3 Å². The van der Waals surface area contributed by atoms with Crippen LogP contribution in [0.25, 0.3) is 0 Å². The van der Waals surface area contributed by atoms with Gasteiger partial charge in [-0.2, -0.15) is 0 Å². The number of aryl methyl sites for hydroxylation is 1. The lowest BCUT2D eigenvalue weighted by Crippen LogP contribution is -2.21. The second-order valence-corrected chi connectivity index (χ2v) is 7.13. The topological polar surface area (TPSA) is 12.0 Å². The molecule has 0 spiro atoms. The molecule has 0 amide bonds. The van der Waals surface area contributed by atoms with Gasteiger partial charge in [-0.3, -0.25) is 0 Å². The highest BCUT2D eigenvalue weighted by Gasteiger charge is 2.21. The van der Waals surface area contributed by atoms with Crippen molar-refractivity contribution in [3.63, 3.8) is 0 Å². The standard InChI is InChI=1S/C14H14BrCl2NS/c1-3-18-13(14-10(15)7-8(2)19-14)9-5-4-6-11(16)12(9)17/h4-7,13,18H,3H2,1-2H3. The fourth-order valence-electron chi connectivity index (χ4n) is 1.99. The van der Waals surface area contributed by atoms with E-state index < -0.39 is 0 Å². The maximum absolute atomic E-state index is 6.35. The van der Waals surface area contributed by atoms with Gasteiger partial charge in [-0.25, -0.2) is 0 Å². The summed E-state index contributed by atoms with van der Waals surface area (Å²) in [7, 11) is 0. The molecule has 0 aliphatic rings. The van der Waals surface area contributed by atoms with E-state index in [9.17, 15) is 0 Å². The number of rotatable bonds is 4. The molecule has 0 fully saturated rings. The van der Waals surface area contributed by atoms with Crippen molar-refractivity contribution in [2.24, 2.45) is 0 Å². The van der Waals surface area contributed by atoms with Crippen molar-refractivity contribution in [3.05, 3.63) is 54.1 Å². The van der Waals surface area contributed by atoms with Crippen molar-refractivity contribution >= 4 is 50.5 Å². The molecule has 5 heteroatoms. The number of hydrogen-bond acceptors (Lipinski definition) is 2. The molecule has 1 heterocycles. The van der Waals surface area contributed by atoms with E-state index in [0.717, 1.165) is 16.6 Å². The monoisotopic (exact) mass is 377 g/mol. The largest absolute Gasteiger partial charge is 0.306 e. The quantitative estimate of drug-likeness (QED) is 0.706. The van der Waals surface area contributed by atoms with Crippen LogP contribution in [0.2, 0.25) is 10.0 Å². The average molecular weight is 379 g/mol. The Hall–Kier alpha value is -0.0600. The second-order valence-electron chi connectivity index (χ2n) is 4.20. The Labute approximate surface area is 136 Å². The van der Waals surface area contributed by atoms with E-state index in [1.54, 1.807) is 11.3 Å². The van der Waals surface area contributed by atoms with Crippen molar-refractivity contribution in [2.75, 3.05) is 6.54 Å². The van der Waals surface area contributed by atoms with Crippen LogP contribution in [0.5, 0.6) is 0 Å². The first-order valence-electron chi connectivity index (χ1n) is 5.97. The van der Waals surface area contributed by atoms with Crippen molar-refractivity contribution in [1.82, 2.24) is 5.32 Å². The lowest BCUT2D eigenvalue weighted by molar-refractivity contribution is 0.638. The SMILES string of the molecule is CCNC(c1cccc(Cl)c1Cl)c1sc(C)cc1Br. The lowest BCUT2D eigenvalue weighted by atomic mass is 10.1. The highest BCUT2D eigenvalue weighted by molar-refractivity contribution is 9.10. The van der Waals surface area contributed by atoms with Gasteiger partial charge in [0.2, 0.25) is 0 Å². The van der Waals surface area contributed by atoms with E-state index in [1.165, 1.54) is 9.75 Å². The number of benzene rings is 1. The van der Waals surface area contributed by atoms with E-state index in [-0.39, 0.29) is 6.04 Å². The third-order valence-electron chi connectivity index (χ3n) is 2.80. The average Bonchev–Trinajstić information content (AvgIpc) is 2.69. The summed E-state index contributed by atoms with van der Waals surface area (Å²) in [6.45, 7) is 5.04. The lowest BCUT2D eigenvalue weighted by Gasteiger charge is -2.19. The minimum absolute atomic E-state index is 0.0595. The normalized spacial score (nSPS) is 12.7. The fraction of sp³-hybridized carbons (Fsp3) is 0.286. The van der Waals surface area contributed by atoms with Crippen LogP contribution >= 0.6 is 50.5 Å². The van der Waals surface area contributed by atoms with E-state index in [4.69, 9.17) is 23.2 Å². The first-order valence-corrected chi connectivity index (χ1v) is 8.34. The number of halogens is 3. The number of hydrogen-bond donors (Lipinski definition) is 1. The molecule has 1 aromatic carbocycles. The van der Waals surface area contributed by atoms with Crippen molar-refractivity contribution < 1.29 is 0 Å². The third kappa shape index (κ3) is 3.34. The molecule has 2 rings (SSSR count). The highest BCUT2D eigenvalue weighted by atomic mass is 79.9. The predicted molar refractivity (Wildman–Crippen MR) is 88.7 cm³/mol. The van der Waals surface area contributed by atoms with Crippen LogP contribution in [0.3, 0.4) is 0 Å². The van der Waals surface area contributed by atoms with Gasteiger partial charge in [0.25, 0.3) is 0 Å². The van der Waals surface area contributed by atoms with E-state index in [2.05, 4.69) is 41.2 Å². The van der Waals surface area contributed by atoms with Crippen molar-refractivity contribution in [1.29, 1.82) is 0 Å². The Morgan fingerprint density at radius 1 is 1.37 bits per heavy atom. The van der Waals surface area contributed by atoms with Gasteiger partial charge in [-0.1, -0.05) is 42.3 Å². The summed E-state index contributed by atoms with van der Waals surface area (Å²) in [6, 6.07) is 7.95. The Morgan fingerprint density at radius 3 is 2.68 bits per heavy atom. The minimum Gasteiger partial charge on any atom is -0.306 e. The molecule has 0 bridgehead atoms. The Bertz CT molecular complexity index is 583. The van der Waals surface area contributed by atoms with Gasteiger partial charge in [0.15, 0.2) is 0 Å². The molecule has 1 aromatic heterocycles. The molecular formula is C14H14BrCl2NS. The smallest absolute Gasteiger partial charge is 0.0697 e. The van der Waals surface area contributed by atoms with Crippen LogP contribution in [-0.2, 0) is 0 Å². The first-order chi connectivity index (χ1) is 9.04. The summed E-state index contributed by atoms with van der Waals surface area (Å²) in [6.07, 6.45) is 0.